The number of methoxy groups -OCH3 is 2. The molecule has 32 heteroatoms. The Balaban J connectivity index is 0.000000195. The fourth-order valence-corrected chi connectivity index (χ4v) is 29.2. The molecule has 0 unspecified atom stereocenters. The number of carboxylic acids is 1. The van der Waals surface area contributed by atoms with Gasteiger partial charge in [-0.3, -0.25) is 14.4 Å². The molecule has 0 saturated carbocycles. The number of ether oxygens (including phenoxy) is 2. The molecule has 788 valence electrons. The van der Waals surface area contributed by atoms with Gasteiger partial charge in [0, 0.05) is 157 Å². The molecular weight excluding hydrogens is 1960 g/mol. The van der Waals surface area contributed by atoms with E-state index in [1.165, 1.54) is 47.7 Å². The Morgan fingerprint density at radius 3 is 0.856 bits per heavy atom. The Bertz CT molecular complexity index is 6080. The molecule has 3 aliphatic carbocycles. The molecule has 0 radical (unpaired) electrons. The number of hydrogen-bond donors (Lipinski definition) is 3. The van der Waals surface area contributed by atoms with E-state index in [0.29, 0.717) is 101 Å². The fraction of sp³-hybridized carbons (Fsp3) is 0.526. The van der Waals surface area contributed by atoms with Crippen LogP contribution < -0.4 is 34.9 Å². The second-order valence-corrected chi connectivity index (χ2v) is 50.7. The quantitative estimate of drug-likeness (QED) is 0.0277. The predicted octanol–water partition coefficient (Wildman–Crippen LogP) is 11.8. The van der Waals surface area contributed by atoms with Gasteiger partial charge in [-0.25, -0.2) is 39.6 Å². The molecule has 12 aliphatic rings. The van der Waals surface area contributed by atoms with Crippen LogP contribution in [0.25, 0.3) is 16.7 Å². The van der Waals surface area contributed by atoms with Gasteiger partial charge in [-0.05, 0) is 184 Å². The van der Waals surface area contributed by atoms with Gasteiger partial charge in [0.1, 0.15) is 0 Å². The Hall–Kier alpha value is -8.31. The summed E-state index contributed by atoms with van der Waals surface area (Å²) in [6.45, 7) is 37.5. The smallest absolute Gasteiger partial charge is 0.870 e. The number of rotatable bonds is 20. The van der Waals surface area contributed by atoms with Gasteiger partial charge in [0.25, 0.3) is 0 Å². The zero-order chi connectivity index (χ0) is 103. The topological polar surface area (TPSA) is 332 Å². The fourth-order valence-electron chi connectivity index (χ4n) is 25.1. The molecule has 0 aromatic heterocycles. The first kappa shape index (κ1) is 118. The van der Waals surface area contributed by atoms with Crippen LogP contribution in [0.2, 0.25) is 0 Å². The van der Waals surface area contributed by atoms with Gasteiger partial charge in [0.05, 0.1) is 81.7 Å². The van der Waals surface area contributed by atoms with Gasteiger partial charge in [0.15, 0.2) is 29.5 Å². The van der Waals surface area contributed by atoms with Gasteiger partial charge >= 0.3 is 47.5 Å². The molecule has 18 rings (SSSR count). The number of halogens is 2. The van der Waals surface area contributed by atoms with Crippen LogP contribution in [0.15, 0.2) is 217 Å². The van der Waals surface area contributed by atoms with E-state index >= 15 is 0 Å². The number of sulfone groups is 3. The second kappa shape index (κ2) is 49.4. The summed E-state index contributed by atoms with van der Waals surface area (Å²) in [6, 6.07) is 53.6. The number of nitrogens with one attached hydrogen (secondary N) is 1. The number of piperidine rings is 3. The predicted molar refractivity (Wildman–Crippen MR) is 578 cm³/mol. The molecular formula is C114H152Cl2N9NaO17S3. The number of fused-ring (bicyclic) bond motifs is 3. The minimum absolute atomic E-state index is 0. The minimum atomic E-state index is -2.89. The van der Waals surface area contributed by atoms with Crippen molar-refractivity contribution in [3.63, 3.8) is 0 Å². The van der Waals surface area contributed by atoms with Crippen molar-refractivity contribution >= 4 is 106 Å². The molecule has 146 heavy (non-hydrogen) atoms. The number of carbonyl (C=O) groups excluding carboxylic acids is 5. The van der Waals surface area contributed by atoms with E-state index in [1.807, 2.05) is 103 Å². The molecule has 6 saturated heterocycles. The number of carboxylic acid groups (broad SMARTS) is 1. The number of alkyl halides is 1. The average Bonchev–Trinajstić information content (AvgIpc) is 0.731. The van der Waals surface area contributed by atoms with Crippen molar-refractivity contribution in [2.24, 2.45) is 32.5 Å². The average molecular weight is 2110 g/mol. The maximum Gasteiger partial charge on any atom is 1.00 e. The van der Waals surface area contributed by atoms with Crippen molar-refractivity contribution < 1.29 is 109 Å². The Kier molecular flexibility index (Phi) is 39.9. The maximum atomic E-state index is 14.8. The van der Waals surface area contributed by atoms with Crippen LogP contribution >= 0.6 is 24.0 Å². The van der Waals surface area contributed by atoms with Gasteiger partial charge < -0.3 is 69.7 Å². The molecule has 26 nitrogen and oxygen atoms in total. The molecule has 9 heterocycles. The molecule has 6 aromatic rings. The maximum absolute atomic E-state index is 14.8. The number of aliphatic hydroxyl groups is 1. The van der Waals surface area contributed by atoms with Crippen molar-refractivity contribution in [1.82, 2.24) is 44.5 Å². The molecule has 6 fully saturated rings. The van der Waals surface area contributed by atoms with E-state index in [4.69, 9.17) is 26.2 Å². The number of likely N-dealkylation sites (tertiary alicyclic amines) is 2. The summed E-state index contributed by atoms with van der Waals surface area (Å²) in [4.78, 5) is 96.9. The first-order chi connectivity index (χ1) is 68.0. The largest absolute Gasteiger partial charge is 1.00 e. The number of esters is 2. The molecule has 6 aromatic carbocycles. The van der Waals surface area contributed by atoms with Gasteiger partial charge in [-0.2, -0.15) is 0 Å². The summed E-state index contributed by atoms with van der Waals surface area (Å²) >= 11 is 5.51. The van der Waals surface area contributed by atoms with Crippen LogP contribution in [0.5, 0.6) is 0 Å². The van der Waals surface area contributed by atoms with Crippen LogP contribution in [0.3, 0.4) is 0 Å². The zero-order valence-corrected chi connectivity index (χ0v) is 93.8. The third-order valence-electron chi connectivity index (χ3n) is 33.2. The summed E-state index contributed by atoms with van der Waals surface area (Å²) in [5.74, 6) is 1.30. The van der Waals surface area contributed by atoms with E-state index in [0.717, 1.165) is 177 Å². The van der Waals surface area contributed by atoms with Crippen LogP contribution in [-0.4, -0.2) is 328 Å². The summed E-state index contributed by atoms with van der Waals surface area (Å²) in [7, 11) is -4.69. The third kappa shape index (κ3) is 26.2. The van der Waals surface area contributed by atoms with Crippen molar-refractivity contribution in [3.8, 4) is 0 Å². The molecule has 0 bridgehead atoms. The standard InChI is InChI=1S/C38H49N3O5S.C37H47N3O5S.C32H38N2O3.C6H12ClNO2S.CH4O.ClH.Na.H2O/c1-36(2)32(29-10-12-30(13-11-29)34(42)46-4)14-16-37(3)28-41(19-15-33(36)37)35(43)38(31-8-6-5-7-9-31)17-20-39(21-18-38)22-23-40-24-26-47(44,45)27-25-40;1-35(2)31(28-9-11-29(12-10-28)33(41)42)13-15-36(3)27-40(18-14-32(35)36)34(43)37(30-7-5-4-6-8-30)16-19-38(20-17-37)21-22-39-23-25-46(44,45)26-24-39;1-30(2)26(23-10-12-24(13-11-23)28(35)37-4)14-16-31(3)22-34(21-15-27(30)31)29(36)32(17-19-33-20-18-32)25-8-6-5-7-9-25;7-1-2-8-3-5-11(9,10)6-4-8;1-2;;;/h5-15H,16-28H2,1-4H3;4-14H,15-27H2,1-3H3,(H,41,42);5-15,33H,16-22H2,1-4H3;1-6H2;2H,1H3;1H;;1H2/q;;;;;;+1;/p-1/t37-;36-;31-;;;;;/m111...../s1. The number of allylic oxidation sites excluding steroid dienone is 6. The first-order valence-corrected chi connectivity index (χ1v) is 57.0. The third-order valence-corrected chi connectivity index (χ3v) is 38.2. The van der Waals surface area contributed by atoms with Crippen LogP contribution in [0.1, 0.15) is 185 Å². The van der Waals surface area contributed by atoms with Gasteiger partial charge in [-0.1, -0.05) is 243 Å². The minimum Gasteiger partial charge on any atom is -0.870 e. The number of carbonyl (C=O) groups is 6. The van der Waals surface area contributed by atoms with Crippen molar-refractivity contribution in [2.45, 2.75) is 136 Å². The van der Waals surface area contributed by atoms with Gasteiger partial charge in [0.2, 0.25) is 17.7 Å². The van der Waals surface area contributed by atoms with Crippen molar-refractivity contribution in [1.29, 1.82) is 0 Å². The molecule has 4 N–H and O–H groups in total. The number of hydrogen-bond acceptors (Lipinski definition) is 22. The van der Waals surface area contributed by atoms with E-state index in [9.17, 15) is 59.1 Å². The zero-order valence-electron chi connectivity index (χ0n) is 87.8. The monoisotopic (exact) mass is 2110 g/mol. The van der Waals surface area contributed by atoms with E-state index in [-0.39, 0.29) is 138 Å². The Labute approximate surface area is 900 Å². The van der Waals surface area contributed by atoms with E-state index in [1.54, 1.807) is 12.1 Å². The number of nitrogens with zero attached hydrogens (tertiary/aromatic N) is 8. The number of benzene rings is 6. The van der Waals surface area contributed by atoms with Crippen LogP contribution in [0, 0.1) is 32.5 Å². The van der Waals surface area contributed by atoms with Crippen molar-refractivity contribution in [3.05, 3.63) is 267 Å². The van der Waals surface area contributed by atoms with Crippen molar-refractivity contribution in [2.75, 3.05) is 212 Å². The van der Waals surface area contributed by atoms with E-state index < -0.39 is 51.7 Å². The number of amides is 3. The van der Waals surface area contributed by atoms with Crippen LogP contribution in [-0.2, 0) is 69.6 Å². The van der Waals surface area contributed by atoms with E-state index in [2.05, 4.69) is 192 Å². The Morgan fingerprint density at radius 1 is 0.356 bits per heavy atom. The molecule has 3 amide bonds. The summed E-state index contributed by atoms with van der Waals surface area (Å²) in [6.07, 6.45) is 21.1. The second-order valence-electron chi connectivity index (χ2n) is 43.4. The normalized spacial score (nSPS) is 24.6. The SMILES string of the molecule is CC1(C)C(c2ccc(C(=O)O)cc2)=CC[C@]2(C)CN(C(=O)C3(c4ccccc4)CCN(CCN4CCS(=O)(=O)CC4)CC3)CC=C12.CO.COC(=O)c1ccc(C2=CC[C@]3(C)CN(C(=O)C4(c5ccccc5)CCN(CCN5CCS(=O)(=O)CC5)CC4)CC=C3C2(C)C)cc1.COC(=O)c1ccc(C2=CC[C@]3(C)CN(C(=O)C4(c5ccccc5)CCNCC4)CC=C3C2(C)C)cc1.Cl.O=S1(=O)CCN(CCCl)CC1.[Na+].[OH-]. The molecule has 9 aliphatic heterocycles. The summed E-state index contributed by atoms with van der Waals surface area (Å²) in [5.41, 5.74) is 13.1. The first-order valence-electron chi connectivity index (χ1n) is 51.0. The number of aliphatic hydroxyl groups excluding tert-OH is 1. The summed E-state index contributed by atoms with van der Waals surface area (Å²) < 4.78 is 79.0. The van der Waals surface area contributed by atoms with Crippen LogP contribution in [0.4, 0.5) is 0 Å². The summed E-state index contributed by atoms with van der Waals surface area (Å²) in [5, 5.41) is 19.8. The van der Waals surface area contributed by atoms with Gasteiger partial charge in [-0.15, -0.1) is 24.0 Å². The Morgan fingerprint density at radius 2 is 0.603 bits per heavy atom. The molecule has 0 spiro atoms. The molecule has 3 atom stereocenters. The number of aromatic carboxylic acids is 1.